The molecule has 6 heteroatoms. The van der Waals surface area contributed by atoms with Gasteiger partial charge < -0.3 is 9.98 Å². The average molecular weight is 278 g/mol. The Labute approximate surface area is 93.6 Å². The minimum Gasteiger partial charge on any atom is -0.759 e. The minimum absolute atomic E-state index is 0.698. The predicted molar refractivity (Wildman–Crippen MR) is 59.3 cm³/mol. The molecule has 78 valence electrons. The van der Waals surface area contributed by atoms with Crippen molar-refractivity contribution in [2.45, 2.75) is 13.8 Å². The highest BCUT2D eigenvalue weighted by Crippen LogP contribution is 2.23. The van der Waals surface area contributed by atoms with Crippen LogP contribution in [0.25, 0.3) is 0 Å². The lowest BCUT2D eigenvalue weighted by molar-refractivity contribution is 0.528. The van der Waals surface area contributed by atoms with Crippen molar-refractivity contribution in [2.75, 3.05) is 5.43 Å². The summed E-state index contributed by atoms with van der Waals surface area (Å²) in [7, 11) is 0. The lowest BCUT2D eigenvalue weighted by atomic mass is 10.1. The van der Waals surface area contributed by atoms with Crippen LogP contribution in [0.3, 0.4) is 0 Å². The molecular formula is C8H10BrN2O2S-. The van der Waals surface area contributed by atoms with Gasteiger partial charge in [0.25, 0.3) is 0 Å². The molecule has 0 amide bonds. The Morgan fingerprint density at radius 3 is 2.57 bits per heavy atom. The lowest BCUT2D eigenvalue weighted by Crippen LogP contribution is -2.23. The van der Waals surface area contributed by atoms with E-state index in [2.05, 4.69) is 26.2 Å². The Hall–Kier alpha value is -0.430. The maximum absolute atomic E-state index is 10.2. The fourth-order valence-corrected chi connectivity index (χ4v) is 1.75. The zero-order valence-electron chi connectivity index (χ0n) is 7.76. The van der Waals surface area contributed by atoms with Crippen molar-refractivity contribution in [3.63, 3.8) is 0 Å². The molecule has 0 aliphatic heterocycles. The topological polar surface area (TPSA) is 64.2 Å². The molecule has 2 N–H and O–H groups in total. The molecule has 0 spiro atoms. The van der Waals surface area contributed by atoms with E-state index in [9.17, 15) is 8.76 Å². The first-order valence-corrected chi connectivity index (χ1v) is 5.75. The molecule has 1 aromatic carbocycles. The summed E-state index contributed by atoms with van der Waals surface area (Å²) >= 11 is 1.07. The molecule has 0 radical (unpaired) electrons. The molecule has 1 rings (SSSR count). The Bertz CT molecular complexity index is 347. The molecule has 0 fully saturated rings. The summed E-state index contributed by atoms with van der Waals surface area (Å²) in [5.74, 6) is 0. The van der Waals surface area contributed by atoms with Crippen molar-refractivity contribution in [1.29, 1.82) is 0 Å². The molecule has 0 saturated carbocycles. The minimum atomic E-state index is -2.31. The van der Waals surface area contributed by atoms with E-state index in [1.165, 1.54) is 0 Å². The first kappa shape index (κ1) is 11.6. The normalized spacial score (nSPS) is 12.6. The summed E-state index contributed by atoms with van der Waals surface area (Å²) in [4.78, 5) is 2.08. The number of halogens is 1. The third kappa shape index (κ3) is 3.06. The zero-order valence-corrected chi connectivity index (χ0v) is 10.2. The average Bonchev–Trinajstić information content (AvgIpc) is 2.10. The third-order valence-corrected chi connectivity index (χ3v) is 2.98. The second-order valence-corrected chi connectivity index (χ2v) is 4.39. The first-order chi connectivity index (χ1) is 6.50. The smallest absolute Gasteiger partial charge is 0.0511 e. The standard InChI is InChI=1S/C8H11BrN2O2S/c1-5-3-7(10-11-14(12)13)4-8(9)6(5)2/h3-4,10-11H,1-2H3,(H,12,13)/p-1. The molecule has 1 atom stereocenters. The Kier molecular flexibility index (Phi) is 4.06. The van der Waals surface area contributed by atoms with Crippen LogP contribution in [0, 0.1) is 13.8 Å². The number of nitrogens with one attached hydrogen (secondary N) is 2. The van der Waals surface area contributed by atoms with Gasteiger partial charge in [0.1, 0.15) is 0 Å². The number of benzene rings is 1. The van der Waals surface area contributed by atoms with Crippen LogP contribution in [0.15, 0.2) is 16.6 Å². The molecule has 0 heterocycles. The molecule has 0 bridgehead atoms. The largest absolute Gasteiger partial charge is 0.759 e. The summed E-state index contributed by atoms with van der Waals surface area (Å²) in [5, 5.41) is 0. The van der Waals surface area contributed by atoms with Crippen molar-refractivity contribution in [3.05, 3.63) is 27.7 Å². The van der Waals surface area contributed by atoms with Gasteiger partial charge in [-0.2, -0.15) is 4.83 Å². The lowest BCUT2D eigenvalue weighted by Gasteiger charge is -2.12. The second-order valence-electron chi connectivity index (χ2n) is 2.86. The molecule has 0 aromatic heterocycles. The van der Waals surface area contributed by atoms with Gasteiger partial charge in [-0.3, -0.25) is 4.21 Å². The van der Waals surface area contributed by atoms with Crippen LogP contribution in [0.5, 0.6) is 0 Å². The van der Waals surface area contributed by atoms with Crippen LogP contribution in [0.4, 0.5) is 5.69 Å². The van der Waals surface area contributed by atoms with Gasteiger partial charge in [-0.15, -0.1) is 0 Å². The van der Waals surface area contributed by atoms with E-state index in [0.29, 0.717) is 5.69 Å². The molecule has 1 aromatic rings. The summed E-state index contributed by atoms with van der Waals surface area (Å²) < 4.78 is 21.4. The first-order valence-electron chi connectivity index (χ1n) is 3.88. The fourth-order valence-electron chi connectivity index (χ4n) is 0.989. The number of hydrogen-bond donors (Lipinski definition) is 2. The van der Waals surface area contributed by atoms with Crippen LogP contribution >= 0.6 is 15.9 Å². The van der Waals surface area contributed by atoms with E-state index in [1.807, 2.05) is 26.0 Å². The number of hydrogen-bond acceptors (Lipinski definition) is 3. The van der Waals surface area contributed by atoms with Crippen LogP contribution in [-0.4, -0.2) is 8.76 Å². The van der Waals surface area contributed by atoms with Gasteiger partial charge in [0.2, 0.25) is 0 Å². The van der Waals surface area contributed by atoms with E-state index in [1.54, 1.807) is 0 Å². The molecule has 0 saturated heterocycles. The van der Waals surface area contributed by atoms with E-state index in [-0.39, 0.29) is 0 Å². The third-order valence-electron chi connectivity index (χ3n) is 1.88. The number of aryl methyl sites for hydroxylation is 1. The van der Waals surface area contributed by atoms with Gasteiger partial charge in [-0.1, -0.05) is 15.9 Å². The van der Waals surface area contributed by atoms with E-state index >= 15 is 0 Å². The van der Waals surface area contributed by atoms with Crippen molar-refractivity contribution in [2.24, 2.45) is 0 Å². The summed E-state index contributed by atoms with van der Waals surface area (Å²) in [5.41, 5.74) is 5.48. The van der Waals surface area contributed by atoms with Crippen LogP contribution in [0.1, 0.15) is 11.1 Å². The molecule has 0 aliphatic carbocycles. The van der Waals surface area contributed by atoms with Gasteiger partial charge >= 0.3 is 0 Å². The molecular weight excluding hydrogens is 268 g/mol. The van der Waals surface area contributed by atoms with Gasteiger partial charge in [0.05, 0.1) is 5.69 Å². The summed E-state index contributed by atoms with van der Waals surface area (Å²) in [6.07, 6.45) is 0. The van der Waals surface area contributed by atoms with Crippen molar-refractivity contribution >= 4 is 32.9 Å². The molecule has 14 heavy (non-hydrogen) atoms. The Balaban J connectivity index is 2.84. The fraction of sp³-hybridized carbons (Fsp3) is 0.250. The van der Waals surface area contributed by atoms with Gasteiger partial charge in [0.15, 0.2) is 0 Å². The van der Waals surface area contributed by atoms with Crippen molar-refractivity contribution in [3.8, 4) is 0 Å². The van der Waals surface area contributed by atoms with E-state index in [0.717, 1.165) is 15.6 Å². The van der Waals surface area contributed by atoms with Gasteiger partial charge in [-0.25, -0.2) is 0 Å². The summed E-state index contributed by atoms with van der Waals surface area (Å²) in [6.45, 7) is 3.95. The van der Waals surface area contributed by atoms with Crippen molar-refractivity contribution < 1.29 is 8.76 Å². The van der Waals surface area contributed by atoms with Crippen LogP contribution in [0.2, 0.25) is 0 Å². The van der Waals surface area contributed by atoms with E-state index in [4.69, 9.17) is 0 Å². The van der Waals surface area contributed by atoms with Gasteiger partial charge in [-0.05, 0) is 37.1 Å². The van der Waals surface area contributed by atoms with Crippen LogP contribution < -0.4 is 10.3 Å². The molecule has 4 nitrogen and oxygen atoms in total. The van der Waals surface area contributed by atoms with E-state index < -0.39 is 11.3 Å². The maximum Gasteiger partial charge on any atom is 0.0511 e. The highest BCUT2D eigenvalue weighted by molar-refractivity contribution is 9.10. The van der Waals surface area contributed by atoms with Gasteiger partial charge in [0, 0.05) is 15.7 Å². The second kappa shape index (κ2) is 4.88. The highest BCUT2D eigenvalue weighted by atomic mass is 79.9. The Morgan fingerprint density at radius 2 is 2.07 bits per heavy atom. The SMILES string of the molecule is Cc1cc(NNS(=O)[O-])cc(Br)c1C. The van der Waals surface area contributed by atoms with Crippen molar-refractivity contribution in [1.82, 2.24) is 4.83 Å². The maximum atomic E-state index is 10.2. The molecule has 1 unspecified atom stereocenters. The number of anilines is 1. The molecule has 0 aliphatic rings. The predicted octanol–water partition coefficient (Wildman–Crippen LogP) is 1.78. The zero-order chi connectivity index (χ0) is 10.7. The highest BCUT2D eigenvalue weighted by Gasteiger charge is 2.01. The number of rotatable bonds is 3. The van der Waals surface area contributed by atoms with Crippen LogP contribution in [-0.2, 0) is 11.3 Å². The Morgan fingerprint density at radius 1 is 1.43 bits per heavy atom. The number of hydrazine groups is 1. The quantitative estimate of drug-likeness (QED) is 0.654. The summed E-state index contributed by atoms with van der Waals surface area (Å²) in [6, 6.07) is 3.67. The monoisotopic (exact) mass is 277 g/mol.